The number of carbonyl (C=O) groups excluding carboxylic acids is 1. The fourth-order valence-electron chi connectivity index (χ4n) is 2.72. The van der Waals surface area contributed by atoms with Gasteiger partial charge in [0.2, 0.25) is 5.91 Å². The number of carbonyl (C=O) groups is 1. The molecule has 0 bridgehead atoms. The Morgan fingerprint density at radius 1 is 1.21 bits per heavy atom. The molecule has 1 amide bonds. The van der Waals surface area contributed by atoms with Crippen molar-refractivity contribution in [1.29, 1.82) is 0 Å². The molecule has 0 spiro atoms. The number of amides is 1. The van der Waals surface area contributed by atoms with Crippen molar-refractivity contribution in [3.63, 3.8) is 0 Å². The normalized spacial score (nSPS) is 15.3. The van der Waals surface area contributed by atoms with Gasteiger partial charge >= 0.3 is 0 Å². The van der Waals surface area contributed by atoms with Gasteiger partial charge in [0, 0.05) is 23.3 Å². The molecule has 0 aromatic heterocycles. The van der Waals surface area contributed by atoms with Crippen LogP contribution in [-0.2, 0) is 11.3 Å². The van der Waals surface area contributed by atoms with E-state index >= 15 is 0 Å². The summed E-state index contributed by atoms with van der Waals surface area (Å²) >= 11 is 5.86. The minimum Gasteiger partial charge on any atom is -0.325 e. The van der Waals surface area contributed by atoms with Crippen LogP contribution < -0.4 is 5.32 Å². The van der Waals surface area contributed by atoms with E-state index in [1.165, 1.54) is 12.1 Å². The monoisotopic (exact) mass is 346 g/mol. The molecule has 1 atom stereocenters. The van der Waals surface area contributed by atoms with Crippen LogP contribution in [0.1, 0.15) is 25.3 Å². The molecule has 3 nitrogen and oxygen atoms in total. The Hall–Kier alpha value is -1.91. The molecule has 1 aliphatic carbocycles. The van der Waals surface area contributed by atoms with E-state index in [9.17, 15) is 9.18 Å². The van der Waals surface area contributed by atoms with E-state index < -0.39 is 0 Å². The molecule has 1 N–H and O–H groups in total. The van der Waals surface area contributed by atoms with Gasteiger partial charge in [-0.05, 0) is 61.7 Å². The van der Waals surface area contributed by atoms with Crippen LogP contribution in [0.15, 0.2) is 48.5 Å². The molecule has 1 aliphatic rings. The minimum absolute atomic E-state index is 0.0497. The molecule has 126 valence electrons. The maximum Gasteiger partial charge on any atom is 0.241 e. The van der Waals surface area contributed by atoms with E-state index in [2.05, 4.69) is 10.2 Å². The summed E-state index contributed by atoms with van der Waals surface area (Å²) in [4.78, 5) is 14.7. The Morgan fingerprint density at radius 2 is 1.83 bits per heavy atom. The highest BCUT2D eigenvalue weighted by molar-refractivity contribution is 6.30. The van der Waals surface area contributed by atoms with E-state index in [0.717, 1.165) is 24.1 Å². The third kappa shape index (κ3) is 4.34. The summed E-state index contributed by atoms with van der Waals surface area (Å²) in [6, 6.07) is 13.7. The van der Waals surface area contributed by atoms with Gasteiger partial charge in [-0.2, -0.15) is 0 Å². The standard InChI is InChI=1S/C19H20ClFN2O/c1-13(19(24)22-17-8-4-15(20)5-9-17)23(18-10-11-18)12-14-2-6-16(21)7-3-14/h2-9,13,18H,10-12H2,1H3,(H,22,24)/t13-/m0/s1. The van der Waals surface area contributed by atoms with Crippen molar-refractivity contribution < 1.29 is 9.18 Å². The number of anilines is 1. The van der Waals surface area contributed by atoms with Crippen molar-refractivity contribution in [2.45, 2.75) is 38.4 Å². The highest BCUT2D eigenvalue weighted by atomic mass is 35.5. The Kier molecular flexibility index (Phi) is 5.17. The quantitative estimate of drug-likeness (QED) is 0.837. The van der Waals surface area contributed by atoms with Gasteiger partial charge in [0.15, 0.2) is 0 Å². The molecule has 3 rings (SSSR count). The molecule has 0 unspecified atom stereocenters. The van der Waals surface area contributed by atoms with Crippen molar-refractivity contribution in [3.8, 4) is 0 Å². The van der Waals surface area contributed by atoms with Gasteiger partial charge in [0.05, 0.1) is 6.04 Å². The second kappa shape index (κ2) is 7.32. The number of halogens is 2. The molecule has 24 heavy (non-hydrogen) atoms. The van der Waals surface area contributed by atoms with Gasteiger partial charge in [-0.1, -0.05) is 23.7 Å². The zero-order chi connectivity index (χ0) is 17.1. The second-order valence-corrected chi connectivity index (χ2v) is 6.64. The topological polar surface area (TPSA) is 32.3 Å². The van der Waals surface area contributed by atoms with Gasteiger partial charge < -0.3 is 5.32 Å². The lowest BCUT2D eigenvalue weighted by atomic mass is 10.1. The maximum atomic E-state index is 13.1. The van der Waals surface area contributed by atoms with Crippen molar-refractivity contribution in [2.75, 3.05) is 5.32 Å². The van der Waals surface area contributed by atoms with E-state index in [0.29, 0.717) is 17.6 Å². The third-order valence-electron chi connectivity index (χ3n) is 4.28. The maximum absolute atomic E-state index is 13.1. The lowest BCUT2D eigenvalue weighted by Gasteiger charge is -2.28. The van der Waals surface area contributed by atoms with Crippen molar-refractivity contribution in [2.24, 2.45) is 0 Å². The first-order valence-electron chi connectivity index (χ1n) is 8.09. The molecule has 1 fully saturated rings. The van der Waals surface area contributed by atoms with Crippen LogP contribution in [0.5, 0.6) is 0 Å². The highest BCUT2D eigenvalue weighted by Crippen LogP contribution is 2.30. The molecular weight excluding hydrogens is 327 g/mol. The summed E-state index contributed by atoms with van der Waals surface area (Å²) in [5.74, 6) is -0.295. The Balaban J connectivity index is 1.67. The van der Waals surface area contributed by atoms with Crippen LogP contribution in [0, 0.1) is 5.82 Å². The number of hydrogen-bond donors (Lipinski definition) is 1. The number of rotatable bonds is 6. The van der Waals surface area contributed by atoms with Crippen LogP contribution in [0.3, 0.4) is 0 Å². The van der Waals surface area contributed by atoms with E-state index in [1.807, 2.05) is 6.92 Å². The third-order valence-corrected chi connectivity index (χ3v) is 4.53. The average molecular weight is 347 g/mol. The summed E-state index contributed by atoms with van der Waals surface area (Å²) in [7, 11) is 0. The highest BCUT2D eigenvalue weighted by Gasteiger charge is 2.35. The van der Waals surface area contributed by atoms with Gasteiger partial charge in [-0.15, -0.1) is 0 Å². The van der Waals surface area contributed by atoms with Crippen molar-refractivity contribution in [1.82, 2.24) is 4.90 Å². The van der Waals surface area contributed by atoms with Crippen LogP contribution >= 0.6 is 11.6 Å². The van der Waals surface area contributed by atoms with Gasteiger partial charge in [-0.25, -0.2) is 4.39 Å². The van der Waals surface area contributed by atoms with Crippen LogP contribution in [0.25, 0.3) is 0 Å². The first kappa shape index (κ1) is 16.9. The first-order chi connectivity index (χ1) is 11.5. The molecule has 2 aromatic carbocycles. The molecule has 0 aliphatic heterocycles. The minimum atomic E-state index is -0.266. The van der Waals surface area contributed by atoms with Crippen LogP contribution in [0.4, 0.5) is 10.1 Å². The summed E-state index contributed by atoms with van der Waals surface area (Å²) in [5, 5.41) is 3.56. The summed E-state index contributed by atoms with van der Waals surface area (Å²) < 4.78 is 13.1. The lowest BCUT2D eigenvalue weighted by Crippen LogP contribution is -2.42. The fourth-order valence-corrected chi connectivity index (χ4v) is 2.85. The van der Waals surface area contributed by atoms with E-state index in [-0.39, 0.29) is 17.8 Å². The summed E-state index contributed by atoms with van der Waals surface area (Å²) in [5.41, 5.74) is 1.74. The average Bonchev–Trinajstić information content (AvgIpc) is 3.40. The second-order valence-electron chi connectivity index (χ2n) is 6.20. The number of hydrogen-bond acceptors (Lipinski definition) is 2. The molecule has 5 heteroatoms. The van der Waals surface area contributed by atoms with Crippen LogP contribution in [-0.4, -0.2) is 22.9 Å². The van der Waals surface area contributed by atoms with E-state index in [1.54, 1.807) is 36.4 Å². The fraction of sp³-hybridized carbons (Fsp3) is 0.316. The molecular formula is C19H20ClFN2O. The summed E-state index contributed by atoms with van der Waals surface area (Å²) in [6.07, 6.45) is 2.19. The van der Waals surface area contributed by atoms with Crippen LogP contribution in [0.2, 0.25) is 5.02 Å². The Morgan fingerprint density at radius 3 is 2.42 bits per heavy atom. The molecule has 2 aromatic rings. The Labute approximate surface area is 146 Å². The van der Waals surface area contributed by atoms with Gasteiger partial charge in [-0.3, -0.25) is 9.69 Å². The van der Waals surface area contributed by atoms with E-state index in [4.69, 9.17) is 11.6 Å². The first-order valence-corrected chi connectivity index (χ1v) is 8.47. The number of nitrogens with one attached hydrogen (secondary N) is 1. The van der Waals surface area contributed by atoms with Gasteiger partial charge in [0.1, 0.15) is 5.82 Å². The largest absolute Gasteiger partial charge is 0.325 e. The van der Waals surface area contributed by atoms with Crippen molar-refractivity contribution in [3.05, 3.63) is 64.9 Å². The summed E-state index contributed by atoms with van der Waals surface area (Å²) in [6.45, 7) is 2.55. The number of benzene rings is 2. The number of nitrogens with zero attached hydrogens (tertiary/aromatic N) is 1. The zero-order valence-electron chi connectivity index (χ0n) is 13.5. The predicted molar refractivity (Wildman–Crippen MR) is 94.5 cm³/mol. The molecule has 0 radical (unpaired) electrons. The SMILES string of the molecule is C[C@@H](C(=O)Nc1ccc(Cl)cc1)N(Cc1ccc(F)cc1)C1CC1. The van der Waals surface area contributed by atoms with Crippen molar-refractivity contribution >= 4 is 23.2 Å². The Bertz CT molecular complexity index is 698. The molecule has 0 heterocycles. The van der Waals surface area contributed by atoms with Gasteiger partial charge in [0.25, 0.3) is 0 Å². The molecule has 1 saturated carbocycles. The zero-order valence-corrected chi connectivity index (χ0v) is 14.3. The lowest BCUT2D eigenvalue weighted by molar-refractivity contribution is -0.121. The smallest absolute Gasteiger partial charge is 0.241 e. The molecule has 0 saturated heterocycles. The predicted octanol–water partition coefficient (Wildman–Crippen LogP) is 4.47.